The van der Waals surface area contributed by atoms with Gasteiger partial charge in [-0.25, -0.2) is 10.8 Å². The predicted octanol–water partition coefficient (Wildman–Crippen LogP) is -0.478. The van der Waals surface area contributed by atoms with Crippen LogP contribution in [0.15, 0.2) is 4.99 Å². The van der Waals surface area contributed by atoms with Gasteiger partial charge < -0.3 is 9.80 Å². The molecule has 2 rings (SSSR count). The molecule has 96 valence electrons. The molecule has 6 nitrogen and oxygen atoms in total. The fraction of sp³-hybridized carbons (Fsp3) is 0.818. The standard InChI is InChI=1S/C11H21N5O/c1-15-6-7-16(8-10(15)17)11(14-12)13-9-4-2-3-5-9/h9H,2-8,12H2,1H3,(H,13,14). The molecule has 2 fully saturated rings. The van der Waals surface area contributed by atoms with Gasteiger partial charge in [0.25, 0.3) is 0 Å². The largest absolute Gasteiger partial charge is 0.342 e. The minimum Gasteiger partial charge on any atom is -0.342 e. The van der Waals surface area contributed by atoms with E-state index >= 15 is 0 Å². The lowest BCUT2D eigenvalue weighted by Gasteiger charge is -2.33. The smallest absolute Gasteiger partial charge is 0.242 e. The number of hydrogen-bond acceptors (Lipinski definition) is 3. The highest BCUT2D eigenvalue weighted by Crippen LogP contribution is 2.21. The van der Waals surface area contributed by atoms with Crippen LogP contribution in [0, 0.1) is 0 Å². The van der Waals surface area contributed by atoms with Gasteiger partial charge in [0.2, 0.25) is 11.9 Å². The van der Waals surface area contributed by atoms with Crippen LogP contribution in [-0.4, -0.2) is 54.4 Å². The zero-order chi connectivity index (χ0) is 12.3. The summed E-state index contributed by atoms with van der Waals surface area (Å²) in [5.41, 5.74) is 2.64. The molecule has 0 radical (unpaired) electrons. The molecule has 0 aromatic rings. The number of carbonyl (C=O) groups excluding carboxylic acids is 1. The van der Waals surface area contributed by atoms with Gasteiger partial charge >= 0.3 is 0 Å². The van der Waals surface area contributed by atoms with Gasteiger partial charge in [0.05, 0.1) is 12.6 Å². The molecule has 0 aromatic heterocycles. The lowest BCUT2D eigenvalue weighted by atomic mass is 10.3. The minimum absolute atomic E-state index is 0.116. The van der Waals surface area contributed by atoms with Gasteiger partial charge in [-0.1, -0.05) is 12.8 Å². The molecule has 1 aliphatic carbocycles. The van der Waals surface area contributed by atoms with Crippen LogP contribution in [0.3, 0.4) is 0 Å². The Morgan fingerprint density at radius 3 is 2.71 bits per heavy atom. The predicted molar refractivity (Wildman–Crippen MR) is 66.2 cm³/mol. The molecule has 0 spiro atoms. The Hall–Kier alpha value is -1.30. The first-order chi connectivity index (χ1) is 8.20. The lowest BCUT2D eigenvalue weighted by Crippen LogP contribution is -2.55. The van der Waals surface area contributed by atoms with Crippen molar-refractivity contribution in [3.8, 4) is 0 Å². The topological polar surface area (TPSA) is 74.0 Å². The SMILES string of the molecule is CN1CCN(C(=NC2CCCC2)NN)CC1=O. The molecule has 1 aliphatic heterocycles. The highest BCUT2D eigenvalue weighted by atomic mass is 16.2. The zero-order valence-electron chi connectivity index (χ0n) is 10.4. The van der Waals surface area contributed by atoms with Gasteiger partial charge in [-0.3, -0.25) is 10.2 Å². The van der Waals surface area contributed by atoms with Crippen LogP contribution in [0.1, 0.15) is 25.7 Å². The van der Waals surface area contributed by atoms with E-state index in [2.05, 4.69) is 10.4 Å². The number of piperazine rings is 1. The van der Waals surface area contributed by atoms with E-state index < -0.39 is 0 Å². The Labute approximate surface area is 102 Å². The Morgan fingerprint density at radius 2 is 2.12 bits per heavy atom. The van der Waals surface area contributed by atoms with Crippen molar-refractivity contribution in [2.45, 2.75) is 31.7 Å². The third-order valence-electron chi connectivity index (χ3n) is 3.52. The van der Waals surface area contributed by atoms with Crippen LogP contribution in [0.25, 0.3) is 0 Å². The van der Waals surface area contributed by atoms with Gasteiger partial charge in [0.15, 0.2) is 0 Å². The molecule has 0 atom stereocenters. The Kier molecular flexibility index (Phi) is 3.83. The summed E-state index contributed by atoms with van der Waals surface area (Å²) in [6, 6.07) is 0.371. The normalized spacial score (nSPS) is 23.4. The van der Waals surface area contributed by atoms with E-state index in [4.69, 9.17) is 5.84 Å². The first kappa shape index (κ1) is 12.2. The molecule has 2 aliphatic rings. The molecule has 1 saturated carbocycles. The van der Waals surface area contributed by atoms with Crippen LogP contribution < -0.4 is 11.3 Å². The number of hydrazine groups is 1. The van der Waals surface area contributed by atoms with Crippen LogP contribution in [0.2, 0.25) is 0 Å². The van der Waals surface area contributed by atoms with Crippen molar-refractivity contribution in [1.82, 2.24) is 15.2 Å². The van der Waals surface area contributed by atoms with Gasteiger partial charge in [0.1, 0.15) is 0 Å². The lowest BCUT2D eigenvalue weighted by molar-refractivity contribution is -0.132. The summed E-state index contributed by atoms with van der Waals surface area (Å²) in [5.74, 6) is 6.30. The van der Waals surface area contributed by atoms with Crippen molar-refractivity contribution in [3.05, 3.63) is 0 Å². The fourth-order valence-electron chi connectivity index (χ4n) is 2.36. The summed E-state index contributed by atoms with van der Waals surface area (Å²) in [6.07, 6.45) is 4.75. The third kappa shape index (κ3) is 2.88. The molecule has 0 bridgehead atoms. The number of rotatable bonds is 1. The average Bonchev–Trinajstić information content (AvgIpc) is 2.82. The van der Waals surface area contributed by atoms with Crippen molar-refractivity contribution < 1.29 is 4.79 Å². The summed E-state index contributed by atoms with van der Waals surface area (Å²) in [5, 5.41) is 0. The Balaban J connectivity index is 2.00. The number of amides is 1. The molecule has 6 heteroatoms. The van der Waals surface area contributed by atoms with Gasteiger partial charge in [-0.2, -0.15) is 0 Å². The number of nitrogens with two attached hydrogens (primary N) is 1. The maximum Gasteiger partial charge on any atom is 0.242 e. The minimum atomic E-state index is 0.116. The maximum atomic E-state index is 11.6. The van der Waals surface area contributed by atoms with E-state index in [1.165, 1.54) is 12.8 Å². The molecule has 3 N–H and O–H groups in total. The van der Waals surface area contributed by atoms with Crippen LogP contribution in [-0.2, 0) is 4.79 Å². The fourth-order valence-corrected chi connectivity index (χ4v) is 2.36. The number of hydrogen-bond donors (Lipinski definition) is 2. The van der Waals surface area contributed by atoms with E-state index in [0.29, 0.717) is 18.5 Å². The quantitative estimate of drug-likeness (QED) is 0.281. The molecule has 0 unspecified atom stereocenters. The average molecular weight is 239 g/mol. The number of nitrogens with one attached hydrogen (secondary N) is 1. The Bertz CT molecular complexity index is 311. The second kappa shape index (κ2) is 5.35. The van der Waals surface area contributed by atoms with Gasteiger partial charge in [-0.05, 0) is 12.8 Å². The van der Waals surface area contributed by atoms with E-state index in [9.17, 15) is 4.79 Å². The van der Waals surface area contributed by atoms with E-state index in [1.807, 2.05) is 11.9 Å². The van der Waals surface area contributed by atoms with E-state index in [-0.39, 0.29) is 5.91 Å². The molecular weight excluding hydrogens is 218 g/mol. The van der Waals surface area contributed by atoms with Gasteiger partial charge in [-0.15, -0.1) is 0 Å². The van der Waals surface area contributed by atoms with E-state index in [1.54, 1.807) is 4.90 Å². The molecule has 1 heterocycles. The highest BCUT2D eigenvalue weighted by molar-refractivity contribution is 5.87. The molecule has 17 heavy (non-hydrogen) atoms. The number of nitrogens with zero attached hydrogens (tertiary/aromatic N) is 3. The summed E-state index contributed by atoms with van der Waals surface area (Å²) in [6.45, 7) is 1.88. The first-order valence-corrected chi connectivity index (χ1v) is 6.24. The van der Waals surface area contributed by atoms with Crippen molar-refractivity contribution in [1.29, 1.82) is 0 Å². The summed E-state index contributed by atoms with van der Waals surface area (Å²) in [4.78, 5) is 19.9. The van der Waals surface area contributed by atoms with Crippen molar-refractivity contribution in [2.24, 2.45) is 10.8 Å². The molecule has 0 aromatic carbocycles. The summed E-state index contributed by atoms with van der Waals surface area (Å²) in [7, 11) is 1.82. The summed E-state index contributed by atoms with van der Waals surface area (Å²) < 4.78 is 0. The number of aliphatic imine (C=N–C) groups is 1. The van der Waals surface area contributed by atoms with Crippen molar-refractivity contribution >= 4 is 11.9 Å². The van der Waals surface area contributed by atoms with Crippen LogP contribution in [0.5, 0.6) is 0 Å². The first-order valence-electron chi connectivity index (χ1n) is 6.24. The number of carbonyl (C=O) groups is 1. The van der Waals surface area contributed by atoms with E-state index in [0.717, 1.165) is 25.9 Å². The zero-order valence-corrected chi connectivity index (χ0v) is 10.4. The molecule has 1 amide bonds. The number of guanidine groups is 1. The molecule has 1 saturated heterocycles. The maximum absolute atomic E-state index is 11.6. The number of likely N-dealkylation sites (N-methyl/N-ethyl adjacent to an activating group) is 1. The Morgan fingerprint density at radius 1 is 1.41 bits per heavy atom. The third-order valence-corrected chi connectivity index (χ3v) is 3.52. The highest BCUT2D eigenvalue weighted by Gasteiger charge is 2.24. The van der Waals surface area contributed by atoms with Gasteiger partial charge in [0, 0.05) is 20.1 Å². The van der Waals surface area contributed by atoms with Crippen LogP contribution >= 0.6 is 0 Å². The molecular formula is C11H21N5O. The van der Waals surface area contributed by atoms with Crippen LogP contribution in [0.4, 0.5) is 0 Å². The van der Waals surface area contributed by atoms with Crippen molar-refractivity contribution in [3.63, 3.8) is 0 Å². The second-order valence-electron chi connectivity index (χ2n) is 4.77. The monoisotopic (exact) mass is 239 g/mol. The summed E-state index contributed by atoms with van der Waals surface area (Å²) >= 11 is 0. The second-order valence-corrected chi connectivity index (χ2v) is 4.77. The van der Waals surface area contributed by atoms with Crippen molar-refractivity contribution in [2.75, 3.05) is 26.7 Å².